The summed E-state index contributed by atoms with van der Waals surface area (Å²) in [4.78, 5) is 0.0736. The summed E-state index contributed by atoms with van der Waals surface area (Å²) in [6.07, 6.45) is 0.860. The van der Waals surface area contributed by atoms with Crippen molar-refractivity contribution in [3.8, 4) is 12.1 Å². The van der Waals surface area contributed by atoms with Crippen LogP contribution in [0.2, 0.25) is 5.02 Å². The monoisotopic (exact) mass is 370 g/mol. The SMILES string of the molecule is CCc1ccc([C@H]2[C@H](S(=O)(=O)c3ccc(Cl)cc3)C2(C#N)C#N)cc1. The lowest BCUT2D eigenvalue weighted by molar-refractivity contribution is 0.591. The van der Waals surface area contributed by atoms with Crippen LogP contribution in [0.15, 0.2) is 53.4 Å². The first-order valence-electron chi connectivity index (χ1n) is 7.81. The van der Waals surface area contributed by atoms with Gasteiger partial charge in [-0.25, -0.2) is 8.42 Å². The number of aryl methyl sites for hydroxylation is 1. The average molecular weight is 371 g/mol. The number of nitrogens with zero attached hydrogens (tertiary/aromatic N) is 2. The fourth-order valence-corrected chi connectivity index (χ4v) is 5.57. The molecule has 0 heterocycles. The van der Waals surface area contributed by atoms with Gasteiger partial charge in [-0.3, -0.25) is 0 Å². The van der Waals surface area contributed by atoms with Crippen molar-refractivity contribution in [3.63, 3.8) is 0 Å². The number of halogens is 1. The fraction of sp³-hybridized carbons (Fsp3) is 0.263. The minimum Gasteiger partial charge on any atom is -0.223 e. The van der Waals surface area contributed by atoms with Gasteiger partial charge >= 0.3 is 0 Å². The van der Waals surface area contributed by atoms with Gasteiger partial charge in [0.15, 0.2) is 15.3 Å². The van der Waals surface area contributed by atoms with E-state index in [1.807, 2.05) is 43.3 Å². The lowest BCUT2D eigenvalue weighted by Crippen LogP contribution is -2.14. The van der Waals surface area contributed by atoms with Gasteiger partial charge in [0, 0.05) is 10.9 Å². The highest BCUT2D eigenvalue weighted by atomic mass is 35.5. The third kappa shape index (κ3) is 2.70. The Morgan fingerprint density at radius 3 is 2.08 bits per heavy atom. The van der Waals surface area contributed by atoms with Gasteiger partial charge in [-0.2, -0.15) is 10.5 Å². The summed E-state index contributed by atoms with van der Waals surface area (Å²) in [7, 11) is -3.83. The Labute approximate surface area is 152 Å². The van der Waals surface area contributed by atoms with Gasteiger partial charge in [-0.1, -0.05) is 42.8 Å². The van der Waals surface area contributed by atoms with Gasteiger partial charge in [-0.05, 0) is 41.8 Å². The van der Waals surface area contributed by atoms with Gasteiger partial charge in [-0.15, -0.1) is 0 Å². The molecule has 1 saturated carbocycles. The molecule has 0 spiro atoms. The Morgan fingerprint density at radius 1 is 1.04 bits per heavy atom. The van der Waals surface area contributed by atoms with Crippen molar-refractivity contribution < 1.29 is 8.42 Å². The molecule has 2 aromatic carbocycles. The van der Waals surface area contributed by atoms with Crippen LogP contribution in [0.5, 0.6) is 0 Å². The number of rotatable bonds is 4. The highest BCUT2D eigenvalue weighted by molar-refractivity contribution is 7.92. The minimum absolute atomic E-state index is 0.0736. The van der Waals surface area contributed by atoms with Gasteiger partial charge in [0.2, 0.25) is 0 Å². The molecule has 2 atom stereocenters. The molecule has 126 valence electrons. The minimum atomic E-state index is -3.83. The molecule has 1 aliphatic rings. The number of sulfone groups is 1. The lowest BCUT2D eigenvalue weighted by atomic mass is 10.0. The zero-order valence-corrected chi connectivity index (χ0v) is 15.1. The molecular weight excluding hydrogens is 356 g/mol. The summed E-state index contributed by atoms with van der Waals surface area (Å²) in [6, 6.07) is 17.1. The van der Waals surface area contributed by atoms with E-state index < -0.39 is 26.4 Å². The first-order valence-corrected chi connectivity index (χ1v) is 9.74. The van der Waals surface area contributed by atoms with Crippen molar-refractivity contribution in [2.24, 2.45) is 5.41 Å². The molecule has 0 N–H and O–H groups in total. The molecule has 0 bridgehead atoms. The summed E-state index contributed by atoms with van der Waals surface area (Å²) in [6.45, 7) is 2.02. The van der Waals surface area contributed by atoms with Crippen molar-refractivity contribution in [1.82, 2.24) is 0 Å². The van der Waals surface area contributed by atoms with Crippen molar-refractivity contribution in [3.05, 3.63) is 64.7 Å². The summed E-state index contributed by atoms with van der Waals surface area (Å²) < 4.78 is 26.0. The molecule has 0 aliphatic heterocycles. The Hall–Kier alpha value is -2.34. The molecule has 0 saturated heterocycles. The molecule has 0 amide bonds. The van der Waals surface area contributed by atoms with E-state index in [-0.39, 0.29) is 4.90 Å². The molecule has 6 heteroatoms. The Morgan fingerprint density at radius 2 is 1.60 bits per heavy atom. The second-order valence-electron chi connectivity index (χ2n) is 6.08. The Bertz CT molecular complexity index is 970. The van der Waals surface area contributed by atoms with Crippen molar-refractivity contribution >= 4 is 21.4 Å². The maximum atomic E-state index is 13.0. The molecule has 0 unspecified atom stereocenters. The van der Waals surface area contributed by atoms with E-state index in [4.69, 9.17) is 11.6 Å². The van der Waals surface area contributed by atoms with E-state index in [9.17, 15) is 18.9 Å². The van der Waals surface area contributed by atoms with Gasteiger partial charge in [0.25, 0.3) is 0 Å². The van der Waals surface area contributed by atoms with Gasteiger partial charge in [0.05, 0.1) is 17.0 Å². The van der Waals surface area contributed by atoms with Crippen molar-refractivity contribution in [1.29, 1.82) is 10.5 Å². The predicted octanol–water partition coefficient (Wildman–Crippen LogP) is 3.88. The molecule has 3 rings (SSSR count). The standard InChI is InChI=1S/C19H15ClN2O2S/c1-2-13-3-5-14(6-4-13)17-18(19(17,11-21)12-22)25(23,24)16-9-7-15(20)8-10-16/h3-10,17-18H,2H2,1H3/t17-,18-/m0/s1. The van der Waals surface area contributed by atoms with E-state index in [2.05, 4.69) is 0 Å². The van der Waals surface area contributed by atoms with E-state index >= 15 is 0 Å². The summed E-state index contributed by atoms with van der Waals surface area (Å²) in [5, 5.41) is 18.5. The molecule has 25 heavy (non-hydrogen) atoms. The maximum Gasteiger partial charge on any atom is 0.184 e. The zero-order valence-electron chi connectivity index (χ0n) is 13.5. The normalized spacial score (nSPS) is 21.1. The third-order valence-electron chi connectivity index (χ3n) is 4.73. The number of hydrogen-bond acceptors (Lipinski definition) is 4. The first kappa shape index (κ1) is 17.5. The first-order chi connectivity index (χ1) is 11.9. The second kappa shape index (κ2) is 6.19. The van der Waals surface area contributed by atoms with Crippen LogP contribution in [0.3, 0.4) is 0 Å². The zero-order chi connectivity index (χ0) is 18.2. The highest BCUT2D eigenvalue weighted by Crippen LogP contribution is 2.63. The van der Waals surface area contributed by atoms with Crippen LogP contribution in [0.25, 0.3) is 0 Å². The molecule has 1 aliphatic carbocycles. The number of benzene rings is 2. The molecular formula is C19H15ClN2O2S. The predicted molar refractivity (Wildman–Crippen MR) is 94.6 cm³/mol. The largest absolute Gasteiger partial charge is 0.223 e. The van der Waals surface area contributed by atoms with E-state index in [1.54, 1.807) is 0 Å². The summed E-state index contributed by atoms with van der Waals surface area (Å²) in [5.41, 5.74) is 0.246. The Balaban J connectivity index is 2.06. The van der Waals surface area contributed by atoms with Crippen LogP contribution in [0, 0.1) is 28.1 Å². The van der Waals surface area contributed by atoms with Gasteiger partial charge in [0.1, 0.15) is 5.25 Å². The topological polar surface area (TPSA) is 81.7 Å². The quantitative estimate of drug-likeness (QED) is 0.817. The van der Waals surface area contributed by atoms with Gasteiger partial charge < -0.3 is 0 Å². The van der Waals surface area contributed by atoms with Crippen molar-refractivity contribution in [2.75, 3.05) is 0 Å². The van der Waals surface area contributed by atoms with E-state index in [0.29, 0.717) is 10.6 Å². The number of nitriles is 2. The lowest BCUT2D eigenvalue weighted by Gasteiger charge is -2.04. The average Bonchev–Trinajstić information content (AvgIpc) is 3.33. The smallest absolute Gasteiger partial charge is 0.184 e. The van der Waals surface area contributed by atoms with Crippen LogP contribution in [-0.2, 0) is 16.3 Å². The van der Waals surface area contributed by atoms with Crippen LogP contribution in [-0.4, -0.2) is 13.7 Å². The second-order valence-corrected chi connectivity index (χ2v) is 8.59. The van der Waals surface area contributed by atoms with E-state index in [1.165, 1.54) is 24.3 Å². The van der Waals surface area contributed by atoms with Crippen LogP contribution in [0.1, 0.15) is 24.0 Å². The fourth-order valence-electron chi connectivity index (χ4n) is 3.24. The molecule has 0 radical (unpaired) electrons. The van der Waals surface area contributed by atoms with Crippen LogP contribution < -0.4 is 0 Å². The Kier molecular flexibility index (Phi) is 4.33. The molecule has 0 aromatic heterocycles. The third-order valence-corrected chi connectivity index (χ3v) is 7.22. The maximum absolute atomic E-state index is 13.0. The van der Waals surface area contributed by atoms with Crippen LogP contribution in [0.4, 0.5) is 0 Å². The highest BCUT2D eigenvalue weighted by Gasteiger charge is 2.73. The van der Waals surface area contributed by atoms with Crippen LogP contribution >= 0.6 is 11.6 Å². The summed E-state index contributed by atoms with van der Waals surface area (Å²) >= 11 is 5.82. The van der Waals surface area contributed by atoms with E-state index in [0.717, 1.165) is 12.0 Å². The molecule has 1 fully saturated rings. The number of hydrogen-bond donors (Lipinski definition) is 0. The molecule has 4 nitrogen and oxygen atoms in total. The summed E-state index contributed by atoms with van der Waals surface area (Å²) in [5.74, 6) is -0.658. The van der Waals surface area contributed by atoms with Crippen molar-refractivity contribution in [2.45, 2.75) is 29.4 Å². The molecule has 2 aromatic rings.